The Morgan fingerprint density at radius 3 is 2.64 bits per heavy atom. The first-order chi connectivity index (χ1) is 6.73. The molecule has 0 saturated carbocycles. The van der Waals surface area contributed by atoms with E-state index in [1.165, 1.54) is 0 Å². The fourth-order valence-electron chi connectivity index (χ4n) is 1.86. The third-order valence-corrected chi connectivity index (χ3v) is 2.77. The maximum absolute atomic E-state index is 12.6. The Balaban J connectivity index is 2.10. The average molecular weight is 194 g/mol. The Labute approximate surface area is 83.5 Å². The molecule has 2 nitrogen and oxygen atoms in total. The molecule has 1 aliphatic heterocycles. The highest BCUT2D eigenvalue weighted by Gasteiger charge is 2.34. The zero-order valence-electron chi connectivity index (χ0n) is 8.12. The molecule has 0 amide bonds. The minimum atomic E-state index is -0.629. The maximum Gasteiger partial charge on any atom is 0.109 e. The van der Waals surface area contributed by atoms with Crippen LogP contribution in [0.5, 0.6) is 0 Å². The molecule has 1 aliphatic rings. The molecule has 1 aromatic carbocycles. The van der Waals surface area contributed by atoms with Crippen molar-refractivity contribution in [2.45, 2.75) is 12.0 Å². The van der Waals surface area contributed by atoms with E-state index >= 15 is 0 Å². The van der Waals surface area contributed by atoms with Gasteiger partial charge in [-0.25, -0.2) is 4.39 Å². The van der Waals surface area contributed by atoms with Gasteiger partial charge in [-0.05, 0) is 18.6 Å². The molecule has 76 valence electrons. The Morgan fingerprint density at radius 2 is 2.07 bits per heavy atom. The lowest BCUT2D eigenvalue weighted by Crippen LogP contribution is -2.44. The number of halogens is 1. The highest BCUT2D eigenvalue weighted by Crippen LogP contribution is 2.24. The van der Waals surface area contributed by atoms with Crippen molar-refractivity contribution in [2.24, 2.45) is 5.73 Å². The molecule has 1 fully saturated rings. The fraction of sp³-hybridized carbons (Fsp3) is 0.455. The van der Waals surface area contributed by atoms with Crippen LogP contribution in [0.4, 0.5) is 10.1 Å². The zero-order valence-corrected chi connectivity index (χ0v) is 8.12. The van der Waals surface area contributed by atoms with Crippen molar-refractivity contribution in [1.29, 1.82) is 0 Å². The molecule has 1 heterocycles. The largest absolute Gasteiger partial charge is 0.370 e. The molecule has 1 aromatic rings. The summed E-state index contributed by atoms with van der Waals surface area (Å²) in [6.45, 7) is 1.04. The summed E-state index contributed by atoms with van der Waals surface area (Å²) < 4.78 is 12.6. The molecule has 1 saturated heterocycles. The molecular formula is C11H15FN2. The van der Waals surface area contributed by atoms with E-state index in [9.17, 15) is 4.39 Å². The van der Waals surface area contributed by atoms with Crippen LogP contribution in [0.25, 0.3) is 0 Å². The summed E-state index contributed by atoms with van der Waals surface area (Å²) in [5.41, 5.74) is 6.37. The van der Waals surface area contributed by atoms with Gasteiger partial charge in [0.15, 0.2) is 0 Å². The smallest absolute Gasteiger partial charge is 0.109 e. The number of nitrogens with two attached hydrogens (primary N) is 1. The third kappa shape index (κ3) is 1.73. The molecule has 14 heavy (non-hydrogen) atoms. The van der Waals surface area contributed by atoms with Crippen molar-refractivity contribution in [2.75, 3.05) is 24.7 Å². The number of rotatable bonds is 2. The van der Waals surface area contributed by atoms with Crippen LogP contribution in [0.15, 0.2) is 30.3 Å². The van der Waals surface area contributed by atoms with Crippen molar-refractivity contribution < 1.29 is 4.39 Å². The van der Waals surface area contributed by atoms with Crippen molar-refractivity contribution in [1.82, 2.24) is 0 Å². The van der Waals surface area contributed by atoms with Gasteiger partial charge in [-0.1, -0.05) is 18.2 Å². The van der Waals surface area contributed by atoms with Gasteiger partial charge < -0.3 is 10.6 Å². The van der Waals surface area contributed by atoms with Crippen LogP contribution in [0.2, 0.25) is 0 Å². The van der Waals surface area contributed by atoms with E-state index in [1.54, 1.807) is 0 Å². The second-order valence-electron chi connectivity index (χ2n) is 4.00. The second kappa shape index (κ2) is 3.58. The molecule has 0 aromatic heterocycles. The van der Waals surface area contributed by atoms with Gasteiger partial charge in [0.2, 0.25) is 0 Å². The maximum atomic E-state index is 12.6. The summed E-state index contributed by atoms with van der Waals surface area (Å²) in [6, 6.07) is 10.0. The zero-order chi connectivity index (χ0) is 10.0. The predicted molar refractivity (Wildman–Crippen MR) is 56.2 cm³/mol. The van der Waals surface area contributed by atoms with Gasteiger partial charge in [0.1, 0.15) is 6.67 Å². The molecule has 1 atom stereocenters. The summed E-state index contributed by atoms with van der Waals surface area (Å²) in [5, 5.41) is 0. The second-order valence-corrected chi connectivity index (χ2v) is 4.00. The number of nitrogens with zero attached hydrogens (tertiary/aromatic N) is 1. The molecule has 2 N–H and O–H groups in total. The number of anilines is 1. The minimum absolute atomic E-state index is 0.434. The molecular weight excluding hydrogens is 179 g/mol. The van der Waals surface area contributed by atoms with Crippen LogP contribution in [-0.2, 0) is 0 Å². The fourth-order valence-corrected chi connectivity index (χ4v) is 1.86. The topological polar surface area (TPSA) is 29.3 Å². The van der Waals surface area contributed by atoms with Gasteiger partial charge in [0, 0.05) is 18.8 Å². The number of hydrogen-bond donors (Lipinski definition) is 1. The lowest BCUT2D eigenvalue weighted by molar-refractivity contribution is 0.330. The number of alkyl halides is 1. The van der Waals surface area contributed by atoms with Gasteiger partial charge in [-0.15, -0.1) is 0 Å². The van der Waals surface area contributed by atoms with E-state index in [4.69, 9.17) is 5.73 Å². The summed E-state index contributed by atoms with van der Waals surface area (Å²) in [7, 11) is 0. The molecule has 3 heteroatoms. The van der Waals surface area contributed by atoms with Gasteiger partial charge >= 0.3 is 0 Å². The van der Waals surface area contributed by atoms with Crippen molar-refractivity contribution >= 4 is 5.69 Å². The molecule has 0 bridgehead atoms. The van der Waals surface area contributed by atoms with E-state index in [1.807, 2.05) is 30.3 Å². The van der Waals surface area contributed by atoms with Crippen LogP contribution >= 0.6 is 0 Å². The van der Waals surface area contributed by atoms with Crippen LogP contribution in [0.1, 0.15) is 6.42 Å². The van der Waals surface area contributed by atoms with E-state index in [2.05, 4.69) is 4.90 Å². The van der Waals surface area contributed by atoms with Crippen molar-refractivity contribution in [3.05, 3.63) is 30.3 Å². The molecule has 0 spiro atoms. The van der Waals surface area contributed by atoms with E-state index in [0.717, 1.165) is 18.7 Å². The van der Waals surface area contributed by atoms with Crippen LogP contribution in [-0.4, -0.2) is 25.3 Å². The Hall–Kier alpha value is -1.09. The minimum Gasteiger partial charge on any atom is -0.370 e. The Morgan fingerprint density at radius 1 is 1.36 bits per heavy atom. The summed E-state index contributed by atoms with van der Waals surface area (Å²) in [5.74, 6) is 0. The van der Waals surface area contributed by atoms with Gasteiger partial charge in [0.25, 0.3) is 0 Å². The first-order valence-corrected chi connectivity index (χ1v) is 4.88. The SMILES string of the molecule is NC1(CF)CCN(c2ccccc2)C1. The monoisotopic (exact) mass is 194 g/mol. The van der Waals surface area contributed by atoms with Crippen LogP contribution in [0.3, 0.4) is 0 Å². The van der Waals surface area contributed by atoms with E-state index in [0.29, 0.717) is 6.54 Å². The number of para-hydroxylation sites is 1. The quantitative estimate of drug-likeness (QED) is 0.774. The molecule has 0 aliphatic carbocycles. The molecule has 1 unspecified atom stereocenters. The van der Waals surface area contributed by atoms with Crippen molar-refractivity contribution in [3.8, 4) is 0 Å². The average Bonchev–Trinajstić information content (AvgIpc) is 2.63. The lowest BCUT2D eigenvalue weighted by Gasteiger charge is -2.22. The number of hydrogen-bond acceptors (Lipinski definition) is 2. The highest BCUT2D eigenvalue weighted by molar-refractivity contribution is 5.47. The summed E-state index contributed by atoms with van der Waals surface area (Å²) in [4.78, 5) is 2.14. The first kappa shape index (κ1) is 9.46. The normalized spacial score (nSPS) is 26.9. The summed E-state index contributed by atoms with van der Waals surface area (Å²) >= 11 is 0. The van der Waals surface area contributed by atoms with Crippen molar-refractivity contribution in [3.63, 3.8) is 0 Å². The van der Waals surface area contributed by atoms with Gasteiger partial charge in [-0.3, -0.25) is 0 Å². The predicted octanol–water partition coefficient (Wildman–Crippen LogP) is 1.56. The van der Waals surface area contributed by atoms with Crippen LogP contribution < -0.4 is 10.6 Å². The third-order valence-electron chi connectivity index (χ3n) is 2.77. The van der Waals surface area contributed by atoms with Gasteiger partial charge in [-0.2, -0.15) is 0 Å². The molecule has 2 rings (SSSR count). The summed E-state index contributed by atoms with van der Waals surface area (Å²) in [6.07, 6.45) is 0.735. The van der Waals surface area contributed by atoms with E-state index < -0.39 is 12.2 Å². The number of benzene rings is 1. The van der Waals surface area contributed by atoms with E-state index in [-0.39, 0.29) is 0 Å². The van der Waals surface area contributed by atoms with Crippen LogP contribution in [0, 0.1) is 0 Å². The van der Waals surface area contributed by atoms with Gasteiger partial charge in [0.05, 0.1) is 5.54 Å². The highest BCUT2D eigenvalue weighted by atomic mass is 19.1. The lowest BCUT2D eigenvalue weighted by atomic mass is 10.0. The Kier molecular flexibility index (Phi) is 2.42. The first-order valence-electron chi connectivity index (χ1n) is 4.88. The Bertz CT molecular complexity index is 301. The standard InChI is InChI=1S/C11H15FN2/c12-8-11(13)6-7-14(9-11)10-4-2-1-3-5-10/h1-5H,6-9,13H2. The molecule has 0 radical (unpaired) electrons.